The molecule has 2 amide bonds. The molecule has 0 unspecified atom stereocenters. The van der Waals surface area contributed by atoms with Crippen LogP contribution in [0.5, 0.6) is 11.5 Å². The molecule has 0 aromatic heterocycles. The Balaban J connectivity index is 1.26. The van der Waals surface area contributed by atoms with E-state index in [0.29, 0.717) is 11.7 Å². The predicted molar refractivity (Wildman–Crippen MR) is 92.1 cm³/mol. The molecule has 1 saturated heterocycles. The van der Waals surface area contributed by atoms with E-state index in [9.17, 15) is 9.59 Å². The molecule has 1 aliphatic carbocycles. The lowest BCUT2D eigenvalue weighted by molar-refractivity contribution is -0.133. The van der Waals surface area contributed by atoms with Gasteiger partial charge in [0.1, 0.15) is 0 Å². The second-order valence-corrected chi connectivity index (χ2v) is 6.83. The molecule has 0 radical (unpaired) electrons. The maximum absolute atomic E-state index is 12.1. The second-order valence-electron chi connectivity index (χ2n) is 6.83. The van der Waals surface area contributed by atoms with E-state index in [4.69, 9.17) is 9.47 Å². The van der Waals surface area contributed by atoms with Crippen molar-refractivity contribution in [2.75, 3.05) is 19.9 Å². The van der Waals surface area contributed by atoms with Crippen molar-refractivity contribution in [1.29, 1.82) is 0 Å². The third kappa shape index (κ3) is 3.78. The molecule has 2 fully saturated rings. The molecule has 6 nitrogen and oxygen atoms in total. The smallest absolute Gasteiger partial charge is 0.244 e. The second kappa shape index (κ2) is 6.78. The zero-order chi connectivity index (χ0) is 17.2. The zero-order valence-corrected chi connectivity index (χ0v) is 14.1. The summed E-state index contributed by atoms with van der Waals surface area (Å²) in [5.74, 6) is 1.90. The van der Waals surface area contributed by atoms with Gasteiger partial charge in [0.2, 0.25) is 18.6 Å². The van der Waals surface area contributed by atoms with E-state index in [-0.39, 0.29) is 24.7 Å². The van der Waals surface area contributed by atoms with Gasteiger partial charge in [-0.05, 0) is 49.5 Å². The first-order valence-corrected chi connectivity index (χ1v) is 8.86. The average Bonchev–Trinajstić information content (AvgIpc) is 3.37. The number of carbonyl (C=O) groups is 2. The summed E-state index contributed by atoms with van der Waals surface area (Å²) in [7, 11) is 0. The van der Waals surface area contributed by atoms with Crippen LogP contribution in [-0.2, 0) is 9.59 Å². The Morgan fingerprint density at radius 1 is 1.08 bits per heavy atom. The zero-order valence-electron chi connectivity index (χ0n) is 14.1. The molecular weight excluding hydrogens is 320 g/mol. The van der Waals surface area contributed by atoms with Crippen LogP contribution in [0.2, 0.25) is 0 Å². The lowest BCUT2D eigenvalue weighted by Gasteiger charge is -2.32. The number of piperidine rings is 1. The van der Waals surface area contributed by atoms with E-state index in [0.717, 1.165) is 50.1 Å². The van der Waals surface area contributed by atoms with Crippen LogP contribution in [-0.4, -0.2) is 42.6 Å². The van der Waals surface area contributed by atoms with Gasteiger partial charge in [-0.25, -0.2) is 0 Å². The Morgan fingerprint density at radius 3 is 2.60 bits per heavy atom. The summed E-state index contributed by atoms with van der Waals surface area (Å²) in [6.07, 6.45) is 7.03. The van der Waals surface area contributed by atoms with Crippen molar-refractivity contribution in [3.05, 3.63) is 29.8 Å². The molecule has 6 heteroatoms. The standard InChI is InChI=1S/C19H22N2O4/c22-18(6-2-13-1-5-16-17(11-13)25-12-24-16)20-15-7-9-21(10-8-15)19(23)14-3-4-14/h1-2,5-6,11,14-15H,3-4,7-10,12H2,(H,20,22). The fourth-order valence-electron chi connectivity index (χ4n) is 3.27. The van der Waals surface area contributed by atoms with Gasteiger partial charge in [0.25, 0.3) is 0 Å². The van der Waals surface area contributed by atoms with Crippen molar-refractivity contribution in [3.63, 3.8) is 0 Å². The molecule has 25 heavy (non-hydrogen) atoms. The first-order chi connectivity index (χ1) is 12.2. The predicted octanol–water partition coefficient (Wildman–Crippen LogP) is 1.95. The number of fused-ring (bicyclic) bond motifs is 1. The van der Waals surface area contributed by atoms with Crippen LogP contribution in [0, 0.1) is 5.92 Å². The Hall–Kier alpha value is -2.50. The summed E-state index contributed by atoms with van der Waals surface area (Å²) in [5.41, 5.74) is 0.893. The first-order valence-electron chi connectivity index (χ1n) is 8.86. The number of benzene rings is 1. The van der Waals surface area contributed by atoms with Gasteiger partial charge >= 0.3 is 0 Å². The van der Waals surface area contributed by atoms with Crippen molar-refractivity contribution < 1.29 is 19.1 Å². The molecular formula is C19H22N2O4. The lowest BCUT2D eigenvalue weighted by atomic mass is 10.0. The number of ether oxygens (including phenoxy) is 2. The highest BCUT2D eigenvalue weighted by atomic mass is 16.7. The monoisotopic (exact) mass is 342 g/mol. The first kappa shape index (κ1) is 16.0. The molecule has 1 aromatic carbocycles. The number of nitrogens with one attached hydrogen (secondary N) is 1. The maximum Gasteiger partial charge on any atom is 0.244 e. The normalized spacial score (nSPS) is 20.1. The minimum atomic E-state index is -0.107. The maximum atomic E-state index is 12.1. The lowest BCUT2D eigenvalue weighted by Crippen LogP contribution is -2.46. The van der Waals surface area contributed by atoms with Crippen molar-refractivity contribution >= 4 is 17.9 Å². The molecule has 0 spiro atoms. The van der Waals surface area contributed by atoms with Crippen molar-refractivity contribution in [2.45, 2.75) is 31.7 Å². The molecule has 3 aliphatic rings. The van der Waals surface area contributed by atoms with E-state index < -0.39 is 0 Å². The van der Waals surface area contributed by atoms with Gasteiger partial charge in [-0.1, -0.05) is 6.07 Å². The molecule has 0 bridgehead atoms. The van der Waals surface area contributed by atoms with Gasteiger partial charge in [0.15, 0.2) is 11.5 Å². The Labute approximate surface area is 146 Å². The molecule has 1 saturated carbocycles. The number of amides is 2. The molecule has 2 aliphatic heterocycles. The minimum absolute atomic E-state index is 0.107. The number of rotatable bonds is 4. The van der Waals surface area contributed by atoms with Crippen LogP contribution in [0.3, 0.4) is 0 Å². The summed E-state index contributed by atoms with van der Waals surface area (Å²) >= 11 is 0. The van der Waals surface area contributed by atoms with Crippen LogP contribution >= 0.6 is 0 Å². The van der Waals surface area contributed by atoms with E-state index in [2.05, 4.69) is 5.32 Å². The van der Waals surface area contributed by atoms with Crippen LogP contribution in [0.25, 0.3) is 6.08 Å². The molecule has 4 rings (SSSR count). The van der Waals surface area contributed by atoms with E-state index in [1.165, 1.54) is 0 Å². The molecule has 1 aromatic rings. The van der Waals surface area contributed by atoms with Crippen LogP contribution in [0.4, 0.5) is 0 Å². The van der Waals surface area contributed by atoms with Gasteiger partial charge in [-0.15, -0.1) is 0 Å². The fraction of sp³-hybridized carbons (Fsp3) is 0.474. The largest absolute Gasteiger partial charge is 0.454 e. The van der Waals surface area contributed by atoms with E-state index in [1.54, 1.807) is 12.2 Å². The Kier molecular flexibility index (Phi) is 4.34. The number of hydrogen-bond acceptors (Lipinski definition) is 4. The summed E-state index contributed by atoms with van der Waals surface area (Å²) in [6.45, 7) is 1.73. The number of hydrogen-bond donors (Lipinski definition) is 1. The molecule has 132 valence electrons. The summed E-state index contributed by atoms with van der Waals surface area (Å²) in [4.78, 5) is 26.1. The quantitative estimate of drug-likeness (QED) is 0.849. The number of carbonyl (C=O) groups excluding carboxylic acids is 2. The highest BCUT2D eigenvalue weighted by Gasteiger charge is 2.34. The summed E-state index contributed by atoms with van der Waals surface area (Å²) in [5, 5.41) is 3.03. The fourth-order valence-corrected chi connectivity index (χ4v) is 3.27. The van der Waals surface area contributed by atoms with Gasteiger partial charge in [0, 0.05) is 31.1 Å². The van der Waals surface area contributed by atoms with E-state index >= 15 is 0 Å². The van der Waals surface area contributed by atoms with E-state index in [1.807, 2.05) is 23.1 Å². The van der Waals surface area contributed by atoms with Crippen molar-refractivity contribution in [2.24, 2.45) is 5.92 Å². The summed E-state index contributed by atoms with van der Waals surface area (Å²) in [6, 6.07) is 5.72. The number of nitrogens with zero attached hydrogens (tertiary/aromatic N) is 1. The number of likely N-dealkylation sites (tertiary alicyclic amines) is 1. The molecule has 2 heterocycles. The van der Waals surface area contributed by atoms with Gasteiger partial charge in [-0.3, -0.25) is 9.59 Å². The highest BCUT2D eigenvalue weighted by Crippen LogP contribution is 2.33. The Morgan fingerprint density at radius 2 is 1.84 bits per heavy atom. The third-order valence-electron chi connectivity index (χ3n) is 4.90. The SMILES string of the molecule is O=C(C=Cc1ccc2c(c1)OCO2)NC1CCN(C(=O)C2CC2)CC1. The van der Waals surface area contributed by atoms with Crippen LogP contribution in [0.1, 0.15) is 31.2 Å². The van der Waals surface area contributed by atoms with Crippen molar-refractivity contribution in [1.82, 2.24) is 10.2 Å². The van der Waals surface area contributed by atoms with Gasteiger partial charge < -0.3 is 19.7 Å². The molecule has 1 N–H and O–H groups in total. The molecule has 0 atom stereocenters. The Bertz CT molecular complexity index is 703. The van der Waals surface area contributed by atoms with Gasteiger partial charge in [0.05, 0.1) is 0 Å². The van der Waals surface area contributed by atoms with Crippen LogP contribution in [0.15, 0.2) is 24.3 Å². The minimum Gasteiger partial charge on any atom is -0.454 e. The average molecular weight is 342 g/mol. The van der Waals surface area contributed by atoms with Crippen LogP contribution < -0.4 is 14.8 Å². The third-order valence-corrected chi connectivity index (χ3v) is 4.90. The topological polar surface area (TPSA) is 67.9 Å². The summed E-state index contributed by atoms with van der Waals surface area (Å²) < 4.78 is 10.6. The van der Waals surface area contributed by atoms with Crippen molar-refractivity contribution in [3.8, 4) is 11.5 Å². The van der Waals surface area contributed by atoms with Gasteiger partial charge in [-0.2, -0.15) is 0 Å². The highest BCUT2D eigenvalue weighted by molar-refractivity contribution is 5.92.